The standard InChI is InChI=1S/C14H17NO5S/c1-20-14(17)12-7-11(4-5-13(12)16)21(18,19)15-8-9-2-3-10(15)6-9/h4-5,7,9-10,16H,2-3,6,8H2,1H3. The van der Waals surface area contributed by atoms with E-state index in [9.17, 15) is 18.3 Å². The maximum absolute atomic E-state index is 12.7. The quantitative estimate of drug-likeness (QED) is 0.852. The van der Waals surface area contributed by atoms with Gasteiger partial charge in [-0.3, -0.25) is 0 Å². The molecule has 0 radical (unpaired) electrons. The van der Waals surface area contributed by atoms with Crippen molar-refractivity contribution in [2.45, 2.75) is 30.2 Å². The molecule has 3 rings (SSSR count). The number of aromatic hydroxyl groups is 1. The van der Waals surface area contributed by atoms with Crippen molar-refractivity contribution in [3.05, 3.63) is 23.8 Å². The fourth-order valence-corrected chi connectivity index (χ4v) is 5.03. The van der Waals surface area contributed by atoms with Gasteiger partial charge in [-0.25, -0.2) is 13.2 Å². The van der Waals surface area contributed by atoms with E-state index in [2.05, 4.69) is 4.74 Å². The summed E-state index contributed by atoms with van der Waals surface area (Å²) in [5, 5.41) is 9.66. The molecule has 1 heterocycles. The van der Waals surface area contributed by atoms with Gasteiger partial charge >= 0.3 is 5.97 Å². The molecule has 2 fully saturated rings. The Hall–Kier alpha value is -1.60. The van der Waals surface area contributed by atoms with Crippen LogP contribution in [0.5, 0.6) is 5.75 Å². The first-order valence-electron chi connectivity index (χ1n) is 6.86. The summed E-state index contributed by atoms with van der Waals surface area (Å²) in [7, 11) is -2.45. The van der Waals surface area contributed by atoms with Gasteiger partial charge < -0.3 is 9.84 Å². The van der Waals surface area contributed by atoms with Gasteiger partial charge in [0.25, 0.3) is 0 Å². The van der Waals surface area contributed by atoms with Crippen molar-refractivity contribution < 1.29 is 23.1 Å². The molecule has 1 aliphatic carbocycles. The van der Waals surface area contributed by atoms with Gasteiger partial charge in [0.2, 0.25) is 10.0 Å². The number of piperidine rings is 1. The molecule has 2 bridgehead atoms. The Labute approximate surface area is 123 Å². The monoisotopic (exact) mass is 311 g/mol. The molecular formula is C14H17NO5S. The number of methoxy groups -OCH3 is 1. The molecule has 21 heavy (non-hydrogen) atoms. The van der Waals surface area contributed by atoms with Crippen LogP contribution in [-0.4, -0.2) is 43.5 Å². The van der Waals surface area contributed by atoms with E-state index in [1.807, 2.05) is 0 Å². The van der Waals surface area contributed by atoms with Crippen LogP contribution in [0.3, 0.4) is 0 Å². The van der Waals surface area contributed by atoms with Crippen LogP contribution in [0.2, 0.25) is 0 Å². The number of fused-ring (bicyclic) bond motifs is 2. The highest BCUT2D eigenvalue weighted by atomic mass is 32.2. The van der Waals surface area contributed by atoms with Gasteiger partial charge in [-0.2, -0.15) is 4.31 Å². The number of sulfonamides is 1. The number of benzene rings is 1. The van der Waals surface area contributed by atoms with E-state index in [0.29, 0.717) is 12.5 Å². The highest BCUT2D eigenvalue weighted by Crippen LogP contribution is 2.40. The molecule has 6 nitrogen and oxygen atoms in total. The summed E-state index contributed by atoms with van der Waals surface area (Å²) in [5.41, 5.74) is -0.136. The third kappa shape index (κ3) is 2.30. The van der Waals surface area contributed by atoms with Crippen LogP contribution >= 0.6 is 0 Å². The lowest BCUT2D eigenvalue weighted by Gasteiger charge is -2.26. The number of carbonyl (C=O) groups is 1. The van der Waals surface area contributed by atoms with Crippen LogP contribution in [0.15, 0.2) is 23.1 Å². The molecule has 1 saturated heterocycles. The number of rotatable bonds is 3. The number of phenols is 1. The highest BCUT2D eigenvalue weighted by molar-refractivity contribution is 7.89. The Balaban J connectivity index is 1.98. The average molecular weight is 311 g/mol. The van der Waals surface area contributed by atoms with Gasteiger partial charge in [-0.05, 0) is 43.4 Å². The third-order valence-electron chi connectivity index (χ3n) is 4.34. The fourth-order valence-electron chi connectivity index (χ4n) is 3.26. The van der Waals surface area contributed by atoms with Gasteiger partial charge in [0.1, 0.15) is 11.3 Å². The first kappa shape index (κ1) is 14.3. The molecule has 1 aromatic carbocycles. The molecule has 0 aromatic heterocycles. The number of hydrogen-bond acceptors (Lipinski definition) is 5. The lowest BCUT2D eigenvalue weighted by Crippen LogP contribution is -2.37. The van der Waals surface area contributed by atoms with E-state index >= 15 is 0 Å². The number of hydrogen-bond donors (Lipinski definition) is 1. The average Bonchev–Trinajstić information content (AvgIpc) is 3.09. The van der Waals surface area contributed by atoms with Crippen LogP contribution in [0, 0.1) is 5.92 Å². The maximum Gasteiger partial charge on any atom is 0.341 e. The van der Waals surface area contributed by atoms with E-state index in [-0.39, 0.29) is 22.3 Å². The Morgan fingerprint density at radius 2 is 2.14 bits per heavy atom. The van der Waals surface area contributed by atoms with Gasteiger partial charge in [0.05, 0.1) is 12.0 Å². The van der Waals surface area contributed by atoms with Crippen molar-refractivity contribution >= 4 is 16.0 Å². The smallest absolute Gasteiger partial charge is 0.341 e. The summed E-state index contributed by atoms with van der Waals surface area (Å²) in [6.45, 7) is 0.543. The summed E-state index contributed by atoms with van der Waals surface area (Å²) < 4.78 is 31.5. The first-order chi connectivity index (χ1) is 9.93. The first-order valence-corrected chi connectivity index (χ1v) is 8.30. The van der Waals surface area contributed by atoms with Crippen LogP contribution < -0.4 is 0 Å². The molecule has 2 unspecified atom stereocenters. The zero-order chi connectivity index (χ0) is 15.2. The maximum atomic E-state index is 12.7. The molecule has 1 aromatic rings. The van der Waals surface area contributed by atoms with Crippen LogP contribution in [0.1, 0.15) is 29.6 Å². The van der Waals surface area contributed by atoms with Gasteiger partial charge in [-0.15, -0.1) is 0 Å². The Kier molecular flexibility index (Phi) is 3.41. The predicted molar refractivity (Wildman–Crippen MR) is 74.5 cm³/mol. The number of phenolic OH excluding ortho intramolecular Hbond substituents is 1. The zero-order valence-corrected chi connectivity index (χ0v) is 12.5. The summed E-state index contributed by atoms with van der Waals surface area (Å²) in [5.74, 6) is -0.599. The molecule has 2 atom stereocenters. The number of ether oxygens (including phenoxy) is 1. The van der Waals surface area contributed by atoms with E-state index in [1.165, 1.54) is 29.6 Å². The minimum Gasteiger partial charge on any atom is -0.507 e. The van der Waals surface area contributed by atoms with E-state index in [0.717, 1.165) is 19.3 Å². The Bertz CT molecular complexity index is 685. The largest absolute Gasteiger partial charge is 0.507 e. The van der Waals surface area contributed by atoms with E-state index in [4.69, 9.17) is 0 Å². The van der Waals surface area contributed by atoms with Gasteiger partial charge in [-0.1, -0.05) is 0 Å². The number of nitrogens with zero attached hydrogens (tertiary/aromatic N) is 1. The summed E-state index contributed by atoms with van der Waals surface area (Å²) in [6, 6.07) is 3.79. The van der Waals surface area contributed by atoms with Crippen molar-refractivity contribution in [1.29, 1.82) is 0 Å². The normalized spacial score (nSPS) is 25.2. The summed E-state index contributed by atoms with van der Waals surface area (Å²) in [4.78, 5) is 11.6. The Morgan fingerprint density at radius 3 is 2.71 bits per heavy atom. The third-order valence-corrected chi connectivity index (χ3v) is 6.25. The number of esters is 1. The number of carbonyl (C=O) groups excluding carboxylic acids is 1. The molecule has 1 saturated carbocycles. The van der Waals surface area contributed by atoms with Gasteiger partial charge in [0.15, 0.2) is 0 Å². The topological polar surface area (TPSA) is 83.9 Å². The minimum absolute atomic E-state index is 0.0215. The van der Waals surface area contributed by atoms with Crippen LogP contribution in [0.25, 0.3) is 0 Å². The predicted octanol–water partition coefficient (Wildman–Crippen LogP) is 1.35. The molecule has 1 N–H and O–H groups in total. The second-order valence-corrected chi connectivity index (χ2v) is 7.47. The summed E-state index contributed by atoms with van der Waals surface area (Å²) in [6.07, 6.45) is 2.90. The van der Waals surface area contributed by atoms with E-state index < -0.39 is 16.0 Å². The SMILES string of the molecule is COC(=O)c1cc(S(=O)(=O)N2CC3CCC2C3)ccc1O. The van der Waals surface area contributed by atoms with Crippen LogP contribution in [0.4, 0.5) is 0 Å². The van der Waals surface area contributed by atoms with Gasteiger partial charge in [0, 0.05) is 12.6 Å². The second kappa shape index (κ2) is 4.99. The van der Waals surface area contributed by atoms with E-state index in [1.54, 1.807) is 0 Å². The molecule has 0 amide bonds. The molecule has 7 heteroatoms. The van der Waals surface area contributed by atoms with Crippen molar-refractivity contribution in [3.63, 3.8) is 0 Å². The Morgan fingerprint density at radius 1 is 1.38 bits per heavy atom. The van der Waals surface area contributed by atoms with Crippen LogP contribution in [-0.2, 0) is 14.8 Å². The fraction of sp³-hybridized carbons (Fsp3) is 0.500. The zero-order valence-electron chi connectivity index (χ0n) is 11.7. The van der Waals surface area contributed by atoms with Crippen molar-refractivity contribution in [2.24, 2.45) is 5.92 Å². The lowest BCUT2D eigenvalue weighted by molar-refractivity contribution is 0.0597. The summed E-state index contributed by atoms with van der Waals surface area (Å²) >= 11 is 0. The molecule has 2 aliphatic rings. The molecular weight excluding hydrogens is 294 g/mol. The minimum atomic E-state index is -3.64. The van der Waals surface area contributed by atoms with Crippen molar-refractivity contribution in [1.82, 2.24) is 4.31 Å². The lowest BCUT2D eigenvalue weighted by atomic mass is 10.1. The molecule has 114 valence electrons. The van der Waals surface area contributed by atoms with Crippen molar-refractivity contribution in [3.8, 4) is 5.75 Å². The van der Waals surface area contributed by atoms with Crippen molar-refractivity contribution in [2.75, 3.05) is 13.7 Å². The highest BCUT2D eigenvalue weighted by Gasteiger charge is 2.44. The molecule has 1 aliphatic heterocycles. The second-order valence-electron chi connectivity index (χ2n) is 5.58. The molecule has 0 spiro atoms.